The molecule has 152 valence electrons. The van der Waals surface area contributed by atoms with Gasteiger partial charge in [-0.3, -0.25) is 24.8 Å². The number of nitrogens with zero attached hydrogens (tertiary/aromatic N) is 3. The van der Waals surface area contributed by atoms with E-state index in [0.29, 0.717) is 35.5 Å². The predicted molar refractivity (Wildman–Crippen MR) is 108 cm³/mol. The van der Waals surface area contributed by atoms with Gasteiger partial charge in [-0.15, -0.1) is 10.2 Å². The van der Waals surface area contributed by atoms with Crippen LogP contribution in [0.5, 0.6) is 11.5 Å². The zero-order chi connectivity index (χ0) is 20.5. The lowest BCUT2D eigenvalue weighted by Gasteiger charge is -2.19. The van der Waals surface area contributed by atoms with Crippen LogP contribution in [0.15, 0.2) is 23.4 Å². The van der Waals surface area contributed by atoms with E-state index in [1.54, 1.807) is 13.8 Å². The van der Waals surface area contributed by atoms with Crippen molar-refractivity contribution in [3.63, 3.8) is 0 Å². The second kappa shape index (κ2) is 7.78. The van der Waals surface area contributed by atoms with Crippen molar-refractivity contribution in [1.29, 1.82) is 0 Å². The zero-order valence-electron chi connectivity index (χ0n) is 16.3. The molecular weight excluding hydrogens is 394 g/mol. The second-order valence-corrected chi connectivity index (χ2v) is 7.95. The van der Waals surface area contributed by atoms with Gasteiger partial charge in [0.1, 0.15) is 13.2 Å². The van der Waals surface area contributed by atoms with E-state index >= 15 is 0 Å². The number of aryl methyl sites for hydroxylation is 1. The highest BCUT2D eigenvalue weighted by Crippen LogP contribution is 2.36. The number of aromatic nitrogens is 3. The fourth-order valence-electron chi connectivity index (χ4n) is 2.98. The van der Waals surface area contributed by atoms with Gasteiger partial charge in [0.05, 0.1) is 11.3 Å². The highest BCUT2D eigenvalue weighted by molar-refractivity contribution is 7.99. The number of carbonyl (C=O) groups excluding carboxylic acids is 2. The molecule has 0 spiro atoms. The SMILES string of the molecule is Cc1cc2cc3c(cc2n2c(SCC(=O)NNC(=O)C(C)C)nnc12)OCCO3. The highest BCUT2D eigenvalue weighted by Gasteiger charge is 2.18. The summed E-state index contributed by atoms with van der Waals surface area (Å²) in [7, 11) is 0. The summed E-state index contributed by atoms with van der Waals surface area (Å²) in [5.41, 5.74) is 7.35. The number of ether oxygens (including phenoxy) is 2. The van der Waals surface area contributed by atoms with Crippen molar-refractivity contribution < 1.29 is 19.1 Å². The van der Waals surface area contributed by atoms with E-state index in [9.17, 15) is 9.59 Å². The van der Waals surface area contributed by atoms with Crippen LogP contribution in [0.3, 0.4) is 0 Å². The number of hydrogen-bond acceptors (Lipinski definition) is 7. The summed E-state index contributed by atoms with van der Waals surface area (Å²) in [6, 6.07) is 5.88. The lowest BCUT2D eigenvalue weighted by Crippen LogP contribution is -2.44. The van der Waals surface area contributed by atoms with Crippen LogP contribution in [-0.4, -0.2) is 45.4 Å². The van der Waals surface area contributed by atoms with Crippen molar-refractivity contribution in [3.8, 4) is 11.5 Å². The Balaban J connectivity index is 1.61. The van der Waals surface area contributed by atoms with Crippen LogP contribution in [0.1, 0.15) is 19.4 Å². The first kappa shape index (κ1) is 19.3. The van der Waals surface area contributed by atoms with Crippen LogP contribution in [0.4, 0.5) is 0 Å². The van der Waals surface area contributed by atoms with E-state index in [1.807, 2.05) is 29.5 Å². The minimum atomic E-state index is -0.327. The molecule has 29 heavy (non-hydrogen) atoms. The monoisotopic (exact) mass is 415 g/mol. The molecule has 0 fully saturated rings. The third-order valence-electron chi connectivity index (χ3n) is 4.47. The Kier molecular flexibility index (Phi) is 5.18. The summed E-state index contributed by atoms with van der Waals surface area (Å²) in [5.74, 6) is 0.684. The average Bonchev–Trinajstić information content (AvgIpc) is 3.14. The van der Waals surface area contributed by atoms with Gasteiger partial charge in [-0.05, 0) is 24.6 Å². The molecule has 0 atom stereocenters. The van der Waals surface area contributed by atoms with Gasteiger partial charge in [-0.2, -0.15) is 0 Å². The van der Waals surface area contributed by atoms with Crippen LogP contribution in [0.25, 0.3) is 16.6 Å². The molecule has 2 N–H and O–H groups in total. The van der Waals surface area contributed by atoms with Crippen molar-refractivity contribution in [2.75, 3.05) is 19.0 Å². The Morgan fingerprint density at radius 1 is 1.14 bits per heavy atom. The molecule has 0 aliphatic carbocycles. The van der Waals surface area contributed by atoms with E-state index in [1.165, 1.54) is 11.8 Å². The molecule has 1 aromatic carbocycles. The molecule has 4 rings (SSSR count). The van der Waals surface area contributed by atoms with Gasteiger partial charge < -0.3 is 9.47 Å². The molecule has 0 saturated carbocycles. The van der Waals surface area contributed by atoms with E-state index < -0.39 is 0 Å². The molecule has 3 heterocycles. The maximum atomic E-state index is 12.1. The van der Waals surface area contributed by atoms with Crippen molar-refractivity contribution in [2.45, 2.75) is 25.9 Å². The molecule has 9 nitrogen and oxygen atoms in total. The Hall–Kier alpha value is -3.01. The highest BCUT2D eigenvalue weighted by atomic mass is 32.2. The fraction of sp³-hybridized carbons (Fsp3) is 0.368. The van der Waals surface area contributed by atoms with Gasteiger partial charge in [-0.25, -0.2) is 0 Å². The van der Waals surface area contributed by atoms with Gasteiger partial charge in [0.2, 0.25) is 11.8 Å². The first-order valence-corrected chi connectivity index (χ1v) is 10.2. The smallest absolute Gasteiger partial charge is 0.248 e. The lowest BCUT2D eigenvalue weighted by atomic mass is 10.1. The maximum Gasteiger partial charge on any atom is 0.248 e. The molecule has 0 saturated heterocycles. The Morgan fingerprint density at radius 3 is 2.59 bits per heavy atom. The minimum Gasteiger partial charge on any atom is -0.486 e. The van der Waals surface area contributed by atoms with Gasteiger partial charge in [0.25, 0.3) is 0 Å². The zero-order valence-corrected chi connectivity index (χ0v) is 17.1. The number of carbonyl (C=O) groups is 2. The Bertz CT molecular complexity index is 1110. The number of pyridine rings is 1. The third kappa shape index (κ3) is 3.80. The lowest BCUT2D eigenvalue weighted by molar-refractivity contribution is -0.129. The minimum absolute atomic E-state index is 0.0825. The van der Waals surface area contributed by atoms with E-state index in [2.05, 4.69) is 21.0 Å². The van der Waals surface area contributed by atoms with Gasteiger partial charge in [0.15, 0.2) is 22.3 Å². The summed E-state index contributed by atoms with van der Waals surface area (Å²) >= 11 is 1.24. The number of hydrazine groups is 1. The molecule has 10 heteroatoms. The van der Waals surface area contributed by atoms with E-state index in [-0.39, 0.29) is 23.5 Å². The van der Waals surface area contributed by atoms with Crippen LogP contribution in [0, 0.1) is 12.8 Å². The number of amides is 2. The van der Waals surface area contributed by atoms with Crippen molar-refractivity contribution in [2.24, 2.45) is 5.92 Å². The summed E-state index contributed by atoms with van der Waals surface area (Å²) < 4.78 is 13.3. The Labute approximate surface area is 171 Å². The van der Waals surface area contributed by atoms with Crippen LogP contribution >= 0.6 is 11.8 Å². The maximum absolute atomic E-state index is 12.1. The first-order chi connectivity index (χ1) is 13.9. The van der Waals surface area contributed by atoms with Crippen LogP contribution < -0.4 is 20.3 Å². The third-order valence-corrected chi connectivity index (χ3v) is 5.40. The average molecular weight is 415 g/mol. The quantitative estimate of drug-likeness (QED) is 0.495. The molecule has 0 radical (unpaired) electrons. The molecule has 2 aromatic heterocycles. The summed E-state index contributed by atoms with van der Waals surface area (Å²) in [6.45, 7) is 6.48. The number of nitrogens with one attached hydrogen (secondary N) is 2. The van der Waals surface area contributed by atoms with Crippen LogP contribution in [-0.2, 0) is 9.59 Å². The largest absolute Gasteiger partial charge is 0.486 e. The second-order valence-electron chi connectivity index (χ2n) is 7.00. The van der Waals surface area contributed by atoms with Gasteiger partial charge >= 0.3 is 0 Å². The number of thioether (sulfide) groups is 1. The molecule has 3 aromatic rings. The van der Waals surface area contributed by atoms with Crippen molar-refractivity contribution in [1.82, 2.24) is 25.4 Å². The predicted octanol–water partition coefficient (Wildman–Crippen LogP) is 1.86. The van der Waals surface area contributed by atoms with Gasteiger partial charge in [0, 0.05) is 17.4 Å². The van der Waals surface area contributed by atoms with Crippen molar-refractivity contribution in [3.05, 3.63) is 23.8 Å². The van der Waals surface area contributed by atoms with Gasteiger partial charge in [-0.1, -0.05) is 25.6 Å². The molecule has 1 aliphatic rings. The summed E-state index contributed by atoms with van der Waals surface area (Å²) in [4.78, 5) is 23.7. The van der Waals surface area contributed by atoms with E-state index in [0.717, 1.165) is 16.5 Å². The molecular formula is C19H21N5O4S. The van der Waals surface area contributed by atoms with Crippen LogP contribution in [0.2, 0.25) is 0 Å². The molecule has 0 bridgehead atoms. The topological polar surface area (TPSA) is 107 Å². The van der Waals surface area contributed by atoms with Crippen molar-refractivity contribution >= 4 is 40.1 Å². The summed E-state index contributed by atoms with van der Waals surface area (Å²) in [5, 5.41) is 10.1. The Morgan fingerprint density at radius 2 is 1.86 bits per heavy atom. The number of hydrogen-bond donors (Lipinski definition) is 2. The standard InChI is InChI=1S/C19H21N5O4S/c1-10(2)18(26)22-20-16(25)9-29-19-23-21-17-11(3)6-12-7-14-15(28-5-4-27-14)8-13(12)24(17)19/h6-8,10H,4-5,9H2,1-3H3,(H,20,25)(H,22,26). The molecule has 0 unspecified atom stereocenters. The van der Waals surface area contributed by atoms with E-state index in [4.69, 9.17) is 9.47 Å². The summed E-state index contributed by atoms with van der Waals surface area (Å²) in [6.07, 6.45) is 0. The number of benzene rings is 1. The first-order valence-electron chi connectivity index (χ1n) is 9.23. The fourth-order valence-corrected chi connectivity index (χ4v) is 3.72. The number of rotatable bonds is 4. The normalized spacial score (nSPS) is 13.1. The molecule has 2 amide bonds. The number of fused-ring (bicyclic) bond motifs is 4. The molecule has 1 aliphatic heterocycles.